The third-order valence-electron chi connectivity index (χ3n) is 4.14. The molecule has 2 N–H and O–H groups in total. The number of hydrogen-bond acceptors (Lipinski definition) is 5. The molecule has 0 atom stereocenters. The van der Waals surface area contributed by atoms with Gasteiger partial charge in [-0.1, -0.05) is 18.2 Å². The number of anilines is 1. The molecule has 0 aliphatic heterocycles. The van der Waals surface area contributed by atoms with E-state index in [1.807, 2.05) is 6.07 Å². The third kappa shape index (κ3) is 5.04. The van der Waals surface area contributed by atoms with Crippen LogP contribution in [-0.2, 0) is 4.74 Å². The monoisotopic (exact) mass is 390 g/mol. The molecule has 2 aromatic carbocycles. The smallest absolute Gasteiger partial charge is 0.355 e. The molecule has 3 aromatic rings. The van der Waals surface area contributed by atoms with Crippen molar-refractivity contribution in [2.24, 2.45) is 0 Å². The fraction of sp³-hybridized carbons (Fsp3) is 0.0909. The van der Waals surface area contributed by atoms with E-state index >= 15 is 0 Å². The maximum absolute atomic E-state index is 12.2. The van der Waals surface area contributed by atoms with Crippen molar-refractivity contribution in [3.8, 4) is 0 Å². The van der Waals surface area contributed by atoms with E-state index in [-0.39, 0.29) is 17.4 Å². The van der Waals surface area contributed by atoms with Crippen LogP contribution in [-0.4, -0.2) is 35.0 Å². The Hall–Kier alpha value is -4.00. The normalized spacial score (nSPS) is 10.2. The lowest BCUT2D eigenvalue weighted by Gasteiger charge is -2.07. The first kappa shape index (κ1) is 19.8. The molecule has 7 nitrogen and oxygen atoms in total. The minimum absolute atomic E-state index is 0.0990. The Balaban J connectivity index is 1.55. The van der Waals surface area contributed by atoms with E-state index in [1.54, 1.807) is 48.5 Å². The highest BCUT2D eigenvalue weighted by Gasteiger charge is 2.15. The van der Waals surface area contributed by atoms with Crippen LogP contribution in [0.25, 0.3) is 0 Å². The Morgan fingerprint density at radius 2 is 1.59 bits per heavy atom. The van der Waals surface area contributed by atoms with Crippen LogP contribution in [0.5, 0.6) is 0 Å². The number of ketones is 2. The molecule has 0 saturated carbocycles. The van der Waals surface area contributed by atoms with Gasteiger partial charge < -0.3 is 15.0 Å². The Labute approximate surface area is 166 Å². The molecule has 0 saturated heterocycles. The molecule has 0 aliphatic rings. The Morgan fingerprint density at radius 1 is 0.897 bits per heavy atom. The first-order valence-electron chi connectivity index (χ1n) is 8.80. The van der Waals surface area contributed by atoms with Crippen LogP contribution in [0.1, 0.15) is 48.5 Å². The molecule has 0 aliphatic carbocycles. The van der Waals surface area contributed by atoms with Gasteiger partial charge in [0.15, 0.2) is 18.2 Å². The maximum atomic E-state index is 12.2. The van der Waals surface area contributed by atoms with E-state index in [1.165, 1.54) is 19.2 Å². The quantitative estimate of drug-likeness (QED) is 0.474. The lowest BCUT2D eigenvalue weighted by Crippen LogP contribution is -2.15. The number of aromatic nitrogens is 1. The zero-order valence-electron chi connectivity index (χ0n) is 15.6. The molecule has 1 amide bonds. The van der Waals surface area contributed by atoms with Gasteiger partial charge in [-0.2, -0.15) is 0 Å². The van der Waals surface area contributed by atoms with E-state index in [9.17, 15) is 19.2 Å². The summed E-state index contributed by atoms with van der Waals surface area (Å²) in [5.41, 5.74) is 1.86. The number of carbonyl (C=O) groups is 4. The highest BCUT2D eigenvalue weighted by Crippen LogP contribution is 2.13. The maximum Gasteiger partial charge on any atom is 0.355 e. The van der Waals surface area contributed by atoms with Crippen molar-refractivity contribution in [2.45, 2.75) is 6.92 Å². The minimum atomic E-state index is -0.724. The lowest BCUT2D eigenvalue weighted by molar-refractivity contribution is 0.0469. The summed E-state index contributed by atoms with van der Waals surface area (Å²) < 4.78 is 4.99. The Bertz CT molecular complexity index is 1050. The van der Waals surface area contributed by atoms with E-state index in [0.717, 1.165) is 0 Å². The van der Waals surface area contributed by atoms with Crippen LogP contribution >= 0.6 is 0 Å². The third-order valence-corrected chi connectivity index (χ3v) is 4.14. The molecule has 1 aromatic heterocycles. The van der Waals surface area contributed by atoms with Gasteiger partial charge in [-0.15, -0.1) is 0 Å². The Kier molecular flexibility index (Phi) is 5.99. The molecule has 0 bridgehead atoms. The number of H-pyrrole nitrogens is 1. The van der Waals surface area contributed by atoms with E-state index in [0.29, 0.717) is 22.4 Å². The second-order valence-corrected chi connectivity index (χ2v) is 6.26. The van der Waals surface area contributed by atoms with Gasteiger partial charge in [-0.25, -0.2) is 4.79 Å². The molecule has 0 spiro atoms. The summed E-state index contributed by atoms with van der Waals surface area (Å²) in [6.07, 6.45) is 1.41. The Morgan fingerprint density at radius 3 is 2.21 bits per heavy atom. The summed E-state index contributed by atoms with van der Waals surface area (Å²) >= 11 is 0. The van der Waals surface area contributed by atoms with Gasteiger partial charge >= 0.3 is 5.97 Å². The van der Waals surface area contributed by atoms with Crippen molar-refractivity contribution in [3.05, 3.63) is 89.2 Å². The predicted octanol–water partition coefficient (Wildman–Crippen LogP) is 3.51. The summed E-state index contributed by atoms with van der Waals surface area (Å²) in [6, 6.07) is 16.4. The van der Waals surface area contributed by atoms with Gasteiger partial charge in [-0.3, -0.25) is 14.4 Å². The number of Topliss-reactive ketones (excluding diaryl/α,β-unsaturated/α-hetero) is 2. The van der Waals surface area contributed by atoms with Crippen molar-refractivity contribution in [3.63, 3.8) is 0 Å². The van der Waals surface area contributed by atoms with Crippen LogP contribution in [0.2, 0.25) is 0 Å². The van der Waals surface area contributed by atoms with E-state index in [2.05, 4.69) is 10.3 Å². The fourth-order valence-corrected chi connectivity index (χ4v) is 2.54. The average Bonchev–Trinajstić information content (AvgIpc) is 3.24. The first-order chi connectivity index (χ1) is 13.9. The van der Waals surface area contributed by atoms with Crippen molar-refractivity contribution >= 4 is 29.1 Å². The van der Waals surface area contributed by atoms with Gasteiger partial charge in [0, 0.05) is 28.6 Å². The number of benzene rings is 2. The predicted molar refractivity (Wildman–Crippen MR) is 106 cm³/mol. The number of amides is 1. The van der Waals surface area contributed by atoms with Crippen LogP contribution in [0.3, 0.4) is 0 Å². The summed E-state index contributed by atoms with van der Waals surface area (Å²) in [5.74, 6) is -1.56. The van der Waals surface area contributed by atoms with Gasteiger partial charge in [0.2, 0.25) is 0 Å². The molecule has 7 heteroatoms. The highest BCUT2D eigenvalue weighted by molar-refractivity contribution is 6.05. The van der Waals surface area contributed by atoms with E-state index < -0.39 is 18.4 Å². The molecule has 29 heavy (non-hydrogen) atoms. The number of carbonyl (C=O) groups excluding carboxylic acids is 4. The molecule has 0 unspecified atom stereocenters. The average molecular weight is 390 g/mol. The zero-order chi connectivity index (χ0) is 20.8. The number of hydrogen-bond donors (Lipinski definition) is 2. The number of rotatable bonds is 7. The van der Waals surface area contributed by atoms with Crippen LogP contribution in [0, 0.1) is 0 Å². The van der Waals surface area contributed by atoms with Crippen LogP contribution in [0.15, 0.2) is 66.9 Å². The van der Waals surface area contributed by atoms with Crippen molar-refractivity contribution in [1.29, 1.82) is 0 Å². The second kappa shape index (κ2) is 8.79. The van der Waals surface area contributed by atoms with Gasteiger partial charge in [-0.05, 0) is 49.4 Å². The lowest BCUT2D eigenvalue weighted by atomic mass is 10.1. The second-order valence-electron chi connectivity index (χ2n) is 6.26. The fourth-order valence-electron chi connectivity index (χ4n) is 2.54. The summed E-state index contributed by atoms with van der Waals surface area (Å²) in [6.45, 7) is 0.941. The molecule has 0 fully saturated rings. The molecule has 0 radical (unpaired) electrons. The molecular formula is C22H18N2O5. The van der Waals surface area contributed by atoms with Gasteiger partial charge in [0.25, 0.3) is 5.91 Å². The number of ether oxygens (including phenoxy) is 1. The minimum Gasteiger partial charge on any atom is -0.453 e. The van der Waals surface area contributed by atoms with Crippen LogP contribution < -0.4 is 5.32 Å². The van der Waals surface area contributed by atoms with E-state index in [4.69, 9.17) is 4.74 Å². The molecule has 146 valence electrons. The summed E-state index contributed by atoms with van der Waals surface area (Å²) in [7, 11) is 0. The topological polar surface area (TPSA) is 105 Å². The molecule has 3 rings (SSSR count). The summed E-state index contributed by atoms with van der Waals surface area (Å²) in [4.78, 5) is 50.2. The van der Waals surface area contributed by atoms with Gasteiger partial charge in [0.05, 0.1) is 0 Å². The summed E-state index contributed by atoms with van der Waals surface area (Å²) in [5, 5.41) is 2.74. The van der Waals surface area contributed by atoms with Crippen molar-refractivity contribution in [1.82, 2.24) is 4.98 Å². The van der Waals surface area contributed by atoms with Crippen molar-refractivity contribution < 1.29 is 23.9 Å². The largest absolute Gasteiger partial charge is 0.453 e. The van der Waals surface area contributed by atoms with Crippen molar-refractivity contribution in [2.75, 3.05) is 11.9 Å². The van der Waals surface area contributed by atoms with Gasteiger partial charge in [0.1, 0.15) is 5.69 Å². The standard InChI is InChI=1S/C22H18N2O5/c1-14(25)17-11-19(23-12-17)22(28)29-13-20(26)15-7-9-18(10-8-15)24-21(27)16-5-3-2-4-6-16/h2-12,23H,13H2,1H3,(H,24,27). The molecular weight excluding hydrogens is 372 g/mol. The SMILES string of the molecule is CC(=O)c1c[nH]c(C(=O)OCC(=O)c2ccc(NC(=O)c3ccccc3)cc2)c1. The molecule has 1 heterocycles. The first-order valence-corrected chi connectivity index (χ1v) is 8.80. The van der Waals surface area contributed by atoms with Crippen LogP contribution in [0.4, 0.5) is 5.69 Å². The number of aromatic amines is 1. The number of esters is 1. The number of nitrogens with one attached hydrogen (secondary N) is 2. The zero-order valence-corrected chi connectivity index (χ0v) is 15.6. The highest BCUT2D eigenvalue weighted by atomic mass is 16.5.